The Bertz CT molecular complexity index is 296. The highest BCUT2D eigenvalue weighted by Gasteiger charge is 2.16. The predicted molar refractivity (Wildman–Crippen MR) is 71.7 cm³/mol. The van der Waals surface area contributed by atoms with Crippen LogP contribution in [0.2, 0.25) is 0 Å². The van der Waals surface area contributed by atoms with Crippen molar-refractivity contribution in [1.29, 1.82) is 0 Å². The number of aryl methyl sites for hydroxylation is 1. The average Bonchev–Trinajstić information content (AvgIpc) is 2.70. The van der Waals surface area contributed by atoms with E-state index >= 15 is 0 Å². The second-order valence-corrected chi connectivity index (χ2v) is 5.45. The molecular weight excluding hydrogens is 216 g/mol. The lowest BCUT2D eigenvalue weighted by atomic mass is 9.91. The van der Waals surface area contributed by atoms with Crippen LogP contribution in [0.25, 0.3) is 0 Å². The number of nitrogens with two attached hydrogens (primary N) is 1. The van der Waals surface area contributed by atoms with Crippen LogP contribution in [0.3, 0.4) is 0 Å². The Balaban J connectivity index is 2.48. The fourth-order valence-electron chi connectivity index (χ4n) is 2.11. The van der Waals surface area contributed by atoms with Gasteiger partial charge < -0.3 is 5.73 Å². The third-order valence-electron chi connectivity index (χ3n) is 3.25. The third kappa shape index (κ3) is 3.87. The molecule has 0 amide bonds. The number of unbranched alkanes of at least 4 members (excludes halogenated alkanes) is 1. The van der Waals surface area contributed by atoms with Crippen LogP contribution in [0.4, 0.5) is 0 Å². The summed E-state index contributed by atoms with van der Waals surface area (Å²) in [7, 11) is 0. The van der Waals surface area contributed by atoms with Gasteiger partial charge in [-0.25, -0.2) is 4.98 Å². The minimum absolute atomic E-state index is 0.189. The monoisotopic (exact) mass is 240 g/mol. The van der Waals surface area contributed by atoms with Crippen LogP contribution < -0.4 is 5.73 Å². The lowest BCUT2D eigenvalue weighted by molar-refractivity contribution is 0.390. The standard InChI is InChI=1S/C13H24N2S/c1-4-6-7-11(5-2)8-12(14)13-10(3)15-9-16-13/h9,11-12H,4-8,14H2,1-3H3. The molecule has 1 heterocycles. The molecule has 3 heteroatoms. The average molecular weight is 240 g/mol. The number of nitrogens with zero attached hydrogens (tertiary/aromatic N) is 1. The molecule has 2 unspecified atom stereocenters. The Labute approximate surface area is 103 Å². The van der Waals surface area contributed by atoms with Gasteiger partial charge in [-0.3, -0.25) is 0 Å². The molecule has 0 aromatic carbocycles. The highest BCUT2D eigenvalue weighted by Crippen LogP contribution is 2.28. The molecule has 2 atom stereocenters. The summed E-state index contributed by atoms with van der Waals surface area (Å²) in [5.74, 6) is 0.774. The van der Waals surface area contributed by atoms with E-state index in [0.29, 0.717) is 0 Å². The first-order valence-corrected chi connectivity index (χ1v) is 7.22. The summed E-state index contributed by atoms with van der Waals surface area (Å²) in [5, 5.41) is 0. The molecule has 0 aliphatic carbocycles. The van der Waals surface area contributed by atoms with Gasteiger partial charge in [0.05, 0.1) is 11.2 Å². The quantitative estimate of drug-likeness (QED) is 0.780. The number of aromatic nitrogens is 1. The fraction of sp³-hybridized carbons (Fsp3) is 0.769. The third-order valence-corrected chi connectivity index (χ3v) is 4.31. The largest absolute Gasteiger partial charge is 0.323 e. The highest BCUT2D eigenvalue weighted by atomic mass is 32.1. The fourth-order valence-corrected chi connectivity index (χ4v) is 2.93. The summed E-state index contributed by atoms with van der Waals surface area (Å²) >= 11 is 1.70. The maximum absolute atomic E-state index is 6.26. The van der Waals surface area contributed by atoms with E-state index in [0.717, 1.165) is 18.0 Å². The first-order valence-electron chi connectivity index (χ1n) is 6.34. The molecule has 0 saturated heterocycles. The number of hydrogen-bond acceptors (Lipinski definition) is 3. The lowest BCUT2D eigenvalue weighted by Gasteiger charge is -2.19. The summed E-state index contributed by atoms with van der Waals surface area (Å²) in [6.45, 7) is 6.57. The van der Waals surface area contributed by atoms with Crippen LogP contribution in [-0.4, -0.2) is 4.98 Å². The minimum Gasteiger partial charge on any atom is -0.323 e. The minimum atomic E-state index is 0.189. The summed E-state index contributed by atoms with van der Waals surface area (Å²) in [6.07, 6.45) is 6.28. The van der Waals surface area contributed by atoms with Crippen molar-refractivity contribution < 1.29 is 0 Å². The first-order chi connectivity index (χ1) is 7.69. The number of rotatable bonds is 7. The van der Waals surface area contributed by atoms with E-state index in [1.807, 2.05) is 5.51 Å². The smallest absolute Gasteiger partial charge is 0.0798 e. The predicted octanol–water partition coefficient (Wildman–Crippen LogP) is 4.06. The topological polar surface area (TPSA) is 38.9 Å². The van der Waals surface area contributed by atoms with Crippen molar-refractivity contribution in [2.75, 3.05) is 0 Å². The van der Waals surface area contributed by atoms with Crippen LogP contribution >= 0.6 is 11.3 Å². The molecule has 92 valence electrons. The Morgan fingerprint density at radius 2 is 2.19 bits per heavy atom. The van der Waals surface area contributed by atoms with E-state index in [1.165, 1.54) is 30.6 Å². The summed E-state index contributed by atoms with van der Waals surface area (Å²) in [4.78, 5) is 5.54. The van der Waals surface area contributed by atoms with Crippen molar-refractivity contribution in [3.05, 3.63) is 16.1 Å². The van der Waals surface area contributed by atoms with E-state index in [-0.39, 0.29) is 6.04 Å². The van der Waals surface area contributed by atoms with Gasteiger partial charge in [-0.1, -0.05) is 39.5 Å². The molecule has 0 spiro atoms. The lowest BCUT2D eigenvalue weighted by Crippen LogP contribution is -2.15. The van der Waals surface area contributed by atoms with Crippen molar-refractivity contribution in [2.24, 2.45) is 11.7 Å². The second-order valence-electron chi connectivity index (χ2n) is 4.56. The van der Waals surface area contributed by atoms with Gasteiger partial charge in [-0.15, -0.1) is 11.3 Å². The van der Waals surface area contributed by atoms with Gasteiger partial charge in [0.15, 0.2) is 0 Å². The van der Waals surface area contributed by atoms with Crippen molar-refractivity contribution in [3.8, 4) is 0 Å². The molecule has 1 aromatic rings. The van der Waals surface area contributed by atoms with Gasteiger partial charge in [0.2, 0.25) is 0 Å². The van der Waals surface area contributed by atoms with Crippen molar-refractivity contribution in [1.82, 2.24) is 4.98 Å². The van der Waals surface area contributed by atoms with Crippen LogP contribution in [0.15, 0.2) is 5.51 Å². The maximum Gasteiger partial charge on any atom is 0.0798 e. The molecule has 1 rings (SSSR count). The van der Waals surface area contributed by atoms with Crippen LogP contribution in [-0.2, 0) is 0 Å². The Morgan fingerprint density at radius 3 is 2.69 bits per heavy atom. The van der Waals surface area contributed by atoms with Gasteiger partial charge in [-0.05, 0) is 19.3 Å². The zero-order valence-electron chi connectivity index (χ0n) is 10.7. The Hall–Kier alpha value is -0.410. The van der Waals surface area contributed by atoms with E-state index in [9.17, 15) is 0 Å². The SMILES string of the molecule is CCCCC(CC)CC(N)c1scnc1C. The molecule has 2 nitrogen and oxygen atoms in total. The highest BCUT2D eigenvalue weighted by molar-refractivity contribution is 7.09. The molecule has 0 radical (unpaired) electrons. The molecule has 1 aromatic heterocycles. The van der Waals surface area contributed by atoms with E-state index in [1.54, 1.807) is 11.3 Å². The molecule has 2 N–H and O–H groups in total. The van der Waals surface area contributed by atoms with Crippen molar-refractivity contribution in [3.63, 3.8) is 0 Å². The van der Waals surface area contributed by atoms with Crippen molar-refractivity contribution >= 4 is 11.3 Å². The molecule has 0 saturated carbocycles. The Kier molecular flexibility index (Phi) is 5.99. The van der Waals surface area contributed by atoms with Gasteiger partial charge in [0.25, 0.3) is 0 Å². The maximum atomic E-state index is 6.26. The normalized spacial score (nSPS) is 15.0. The zero-order valence-corrected chi connectivity index (χ0v) is 11.5. The molecule has 0 aliphatic heterocycles. The Morgan fingerprint density at radius 1 is 1.44 bits per heavy atom. The number of thiazole rings is 1. The van der Waals surface area contributed by atoms with Gasteiger partial charge >= 0.3 is 0 Å². The first kappa shape index (κ1) is 13.7. The van der Waals surface area contributed by atoms with Gasteiger partial charge in [0.1, 0.15) is 0 Å². The summed E-state index contributed by atoms with van der Waals surface area (Å²) < 4.78 is 0. The van der Waals surface area contributed by atoms with Gasteiger partial charge in [-0.2, -0.15) is 0 Å². The zero-order chi connectivity index (χ0) is 12.0. The van der Waals surface area contributed by atoms with Crippen molar-refractivity contribution in [2.45, 2.75) is 58.9 Å². The second kappa shape index (κ2) is 7.02. The van der Waals surface area contributed by atoms with Crippen LogP contribution in [0, 0.1) is 12.8 Å². The molecule has 0 aliphatic rings. The van der Waals surface area contributed by atoms with Gasteiger partial charge in [0, 0.05) is 10.9 Å². The molecule has 16 heavy (non-hydrogen) atoms. The van der Waals surface area contributed by atoms with E-state index < -0.39 is 0 Å². The summed E-state index contributed by atoms with van der Waals surface area (Å²) in [6, 6.07) is 0.189. The molecule has 0 fully saturated rings. The van der Waals surface area contributed by atoms with Crippen LogP contribution in [0.1, 0.15) is 62.6 Å². The number of hydrogen-bond donors (Lipinski definition) is 1. The van der Waals surface area contributed by atoms with Crippen LogP contribution in [0.5, 0.6) is 0 Å². The van der Waals surface area contributed by atoms with E-state index in [2.05, 4.69) is 25.8 Å². The molecule has 0 bridgehead atoms. The van der Waals surface area contributed by atoms with E-state index in [4.69, 9.17) is 5.73 Å². The summed E-state index contributed by atoms with van der Waals surface area (Å²) in [5.41, 5.74) is 9.27. The molecular formula is C13H24N2S.